The summed E-state index contributed by atoms with van der Waals surface area (Å²) in [5.41, 5.74) is 0. The largest absolute Gasteiger partial charge is 0.344 e. The fourth-order valence-corrected chi connectivity index (χ4v) is 3.64. The Bertz CT molecular complexity index is 588. The Morgan fingerprint density at radius 2 is 2.11 bits per heavy atom. The van der Waals surface area contributed by atoms with Gasteiger partial charge in [-0.1, -0.05) is 0 Å². The molecule has 0 saturated carbocycles. The highest BCUT2D eigenvalue weighted by molar-refractivity contribution is 9.10. The zero-order valence-electron chi connectivity index (χ0n) is 9.53. The summed E-state index contributed by atoms with van der Waals surface area (Å²) in [7, 11) is 0. The molecule has 18 heavy (non-hydrogen) atoms. The van der Waals surface area contributed by atoms with Gasteiger partial charge in [-0.25, -0.2) is 0 Å². The first-order chi connectivity index (χ1) is 8.58. The van der Waals surface area contributed by atoms with E-state index in [9.17, 15) is 9.59 Å². The summed E-state index contributed by atoms with van der Waals surface area (Å²) < 4.78 is 0.754. The molecule has 2 heterocycles. The molecule has 0 aliphatic rings. The van der Waals surface area contributed by atoms with Crippen molar-refractivity contribution in [3.8, 4) is 0 Å². The molecule has 0 spiro atoms. The molecule has 2 rings (SSSR count). The van der Waals surface area contributed by atoms with Crippen LogP contribution in [0.3, 0.4) is 0 Å². The molecule has 3 nitrogen and oxygen atoms in total. The summed E-state index contributed by atoms with van der Waals surface area (Å²) in [6, 6.07) is 5.50. The molecule has 2 aromatic heterocycles. The van der Waals surface area contributed by atoms with E-state index in [2.05, 4.69) is 21.2 Å². The van der Waals surface area contributed by atoms with Crippen molar-refractivity contribution in [2.24, 2.45) is 0 Å². The van der Waals surface area contributed by atoms with Gasteiger partial charge in [0.2, 0.25) is 0 Å². The first kappa shape index (κ1) is 13.5. The van der Waals surface area contributed by atoms with E-state index >= 15 is 0 Å². The highest BCUT2D eigenvalue weighted by Gasteiger charge is 2.14. The predicted molar refractivity (Wildman–Crippen MR) is 77.7 cm³/mol. The summed E-state index contributed by atoms with van der Waals surface area (Å²) in [4.78, 5) is 25.9. The van der Waals surface area contributed by atoms with Crippen LogP contribution in [0.25, 0.3) is 0 Å². The van der Waals surface area contributed by atoms with Crippen LogP contribution in [0.5, 0.6) is 0 Å². The van der Waals surface area contributed by atoms with Gasteiger partial charge in [-0.2, -0.15) is 0 Å². The lowest BCUT2D eigenvalue weighted by atomic mass is 10.3. The number of thiophene rings is 2. The van der Waals surface area contributed by atoms with E-state index in [-0.39, 0.29) is 18.2 Å². The van der Waals surface area contributed by atoms with Gasteiger partial charge in [0.05, 0.1) is 11.4 Å². The van der Waals surface area contributed by atoms with Gasteiger partial charge < -0.3 is 5.32 Å². The van der Waals surface area contributed by atoms with Crippen LogP contribution in [0, 0.1) is 6.92 Å². The fourth-order valence-electron chi connectivity index (χ4n) is 1.37. The Morgan fingerprint density at radius 1 is 1.33 bits per heavy atom. The monoisotopic (exact) mass is 343 g/mol. The van der Waals surface area contributed by atoms with E-state index in [0.717, 1.165) is 9.35 Å². The third-order valence-corrected chi connectivity index (χ3v) is 5.13. The molecular formula is C12H10BrNO2S2. The minimum Gasteiger partial charge on any atom is -0.344 e. The zero-order valence-corrected chi connectivity index (χ0v) is 12.7. The molecule has 0 fully saturated rings. The molecule has 0 bridgehead atoms. The van der Waals surface area contributed by atoms with Crippen LogP contribution in [0.15, 0.2) is 28.1 Å². The second-order valence-corrected chi connectivity index (χ2v) is 6.67. The average molecular weight is 344 g/mol. The number of rotatable bonds is 4. The minimum absolute atomic E-state index is 0.0309. The number of nitrogens with one attached hydrogen (secondary N) is 1. The first-order valence-corrected chi connectivity index (χ1v) is 7.67. The zero-order chi connectivity index (χ0) is 13.1. The molecule has 94 valence electrons. The molecule has 1 amide bonds. The Balaban J connectivity index is 1.94. The predicted octanol–water partition coefficient (Wildman–Crippen LogP) is 3.49. The Labute approximate surface area is 121 Å². The lowest BCUT2D eigenvalue weighted by Gasteiger charge is -2.02. The average Bonchev–Trinajstić information content (AvgIpc) is 2.94. The second-order valence-electron chi connectivity index (χ2n) is 3.61. The number of amides is 1. The molecule has 1 N–H and O–H groups in total. The standard InChI is InChI=1S/C12H10BrNO2S2/c1-7-2-3-10(18-7)9(15)6-14-12(16)11-8(13)4-5-17-11/h2-5H,6H2,1H3,(H,14,16). The lowest BCUT2D eigenvalue weighted by molar-refractivity contribution is 0.0908. The first-order valence-electron chi connectivity index (χ1n) is 5.19. The van der Waals surface area contributed by atoms with Crippen molar-refractivity contribution in [2.75, 3.05) is 6.54 Å². The maximum atomic E-state index is 11.8. The molecule has 0 radical (unpaired) electrons. The highest BCUT2D eigenvalue weighted by Crippen LogP contribution is 2.22. The van der Waals surface area contributed by atoms with Crippen LogP contribution in [0.4, 0.5) is 0 Å². The Kier molecular flexibility index (Phi) is 4.31. The van der Waals surface area contributed by atoms with Crippen molar-refractivity contribution in [3.05, 3.63) is 42.7 Å². The van der Waals surface area contributed by atoms with Crippen molar-refractivity contribution in [1.29, 1.82) is 0 Å². The molecule has 0 aliphatic heterocycles. The summed E-state index contributed by atoms with van der Waals surface area (Å²) in [6.07, 6.45) is 0. The summed E-state index contributed by atoms with van der Waals surface area (Å²) in [5, 5.41) is 4.45. The van der Waals surface area contributed by atoms with Crippen LogP contribution in [-0.4, -0.2) is 18.2 Å². The fraction of sp³-hybridized carbons (Fsp3) is 0.167. The van der Waals surface area contributed by atoms with E-state index in [1.807, 2.05) is 24.4 Å². The van der Waals surface area contributed by atoms with Crippen LogP contribution in [-0.2, 0) is 0 Å². The Hall–Kier alpha value is -0.980. The van der Waals surface area contributed by atoms with Crippen molar-refractivity contribution in [1.82, 2.24) is 5.32 Å². The van der Waals surface area contributed by atoms with Crippen molar-refractivity contribution in [3.63, 3.8) is 0 Å². The van der Waals surface area contributed by atoms with Gasteiger partial charge >= 0.3 is 0 Å². The minimum atomic E-state index is -0.224. The molecule has 0 atom stereocenters. The third-order valence-electron chi connectivity index (χ3n) is 2.25. The van der Waals surface area contributed by atoms with Gasteiger partial charge in [0.25, 0.3) is 5.91 Å². The normalized spacial score (nSPS) is 10.3. The van der Waals surface area contributed by atoms with E-state index in [1.165, 1.54) is 22.7 Å². The highest BCUT2D eigenvalue weighted by atomic mass is 79.9. The summed E-state index contributed by atoms with van der Waals surface area (Å²) in [5.74, 6) is -0.285. The van der Waals surface area contributed by atoms with Crippen molar-refractivity contribution < 1.29 is 9.59 Å². The lowest BCUT2D eigenvalue weighted by Crippen LogP contribution is -2.28. The van der Waals surface area contributed by atoms with Crippen LogP contribution in [0.2, 0.25) is 0 Å². The number of hydrogen-bond donors (Lipinski definition) is 1. The quantitative estimate of drug-likeness (QED) is 0.863. The van der Waals surface area contributed by atoms with E-state index in [1.54, 1.807) is 6.07 Å². The number of carbonyl (C=O) groups is 2. The van der Waals surface area contributed by atoms with Crippen LogP contribution < -0.4 is 5.32 Å². The topological polar surface area (TPSA) is 46.2 Å². The van der Waals surface area contributed by atoms with Gasteiger partial charge in [-0.3, -0.25) is 9.59 Å². The van der Waals surface area contributed by atoms with Crippen molar-refractivity contribution in [2.45, 2.75) is 6.92 Å². The summed E-state index contributed by atoms with van der Waals surface area (Å²) in [6.45, 7) is 1.98. The molecule has 0 unspecified atom stereocenters. The van der Waals surface area contributed by atoms with Crippen molar-refractivity contribution >= 4 is 50.3 Å². The second kappa shape index (κ2) is 5.77. The smallest absolute Gasteiger partial charge is 0.262 e. The number of carbonyl (C=O) groups excluding carboxylic acids is 2. The molecule has 6 heteroatoms. The SMILES string of the molecule is Cc1ccc(C(=O)CNC(=O)c2sccc2Br)s1. The van der Waals surface area contributed by atoms with E-state index < -0.39 is 0 Å². The number of ketones is 1. The molecule has 0 aromatic carbocycles. The number of aryl methyl sites for hydroxylation is 1. The van der Waals surface area contributed by atoms with Gasteiger partial charge in [-0.15, -0.1) is 22.7 Å². The maximum absolute atomic E-state index is 11.8. The molecule has 0 aliphatic carbocycles. The van der Waals surface area contributed by atoms with E-state index in [0.29, 0.717) is 9.75 Å². The molecular weight excluding hydrogens is 334 g/mol. The third kappa shape index (κ3) is 3.07. The maximum Gasteiger partial charge on any atom is 0.262 e. The van der Waals surface area contributed by atoms with E-state index in [4.69, 9.17) is 0 Å². The number of hydrogen-bond acceptors (Lipinski definition) is 4. The number of halogens is 1. The number of Topliss-reactive ketones (excluding diaryl/α,β-unsaturated/α-hetero) is 1. The van der Waals surface area contributed by atoms with Gasteiger partial charge in [0.1, 0.15) is 4.88 Å². The van der Waals surface area contributed by atoms with Gasteiger partial charge in [0.15, 0.2) is 5.78 Å². The van der Waals surface area contributed by atoms with Gasteiger partial charge in [0, 0.05) is 9.35 Å². The molecule has 2 aromatic rings. The summed E-state index contributed by atoms with van der Waals surface area (Å²) >= 11 is 6.07. The molecule has 0 saturated heterocycles. The van der Waals surface area contributed by atoms with Gasteiger partial charge in [-0.05, 0) is 46.4 Å². The van der Waals surface area contributed by atoms with Crippen LogP contribution >= 0.6 is 38.6 Å². The Morgan fingerprint density at radius 3 is 2.67 bits per heavy atom. The van der Waals surface area contributed by atoms with Crippen LogP contribution in [0.1, 0.15) is 24.2 Å².